The Morgan fingerprint density at radius 2 is 1.64 bits per heavy atom. The fourth-order valence-corrected chi connectivity index (χ4v) is 3.63. The first-order valence-electron chi connectivity index (χ1n) is 8.28. The van der Waals surface area contributed by atoms with Crippen molar-refractivity contribution in [3.8, 4) is 0 Å². The lowest BCUT2D eigenvalue weighted by Gasteiger charge is -2.06. The molecule has 25 heavy (non-hydrogen) atoms. The summed E-state index contributed by atoms with van der Waals surface area (Å²) < 4.78 is 0. The van der Waals surface area contributed by atoms with Crippen LogP contribution in [0.5, 0.6) is 0 Å². The van der Waals surface area contributed by atoms with Crippen LogP contribution in [0.4, 0.5) is 5.69 Å². The van der Waals surface area contributed by atoms with Gasteiger partial charge in [0.25, 0.3) is 5.91 Å². The molecule has 1 amide bonds. The van der Waals surface area contributed by atoms with E-state index in [9.17, 15) is 4.79 Å². The summed E-state index contributed by atoms with van der Waals surface area (Å²) in [6.07, 6.45) is 1.95. The topological polar surface area (TPSA) is 41.5 Å². The Balaban J connectivity index is 1.90. The standard InChI is InChI=1S/C21H22N2OS/c1-12-6-7-18(16(5)8-12)22-21-23-20(24)19(25-21)11-17-10-14(3)13(2)9-15(17)4/h6-11H,1-5H3,(H,22,23,24)/b19-11-. The zero-order valence-electron chi connectivity index (χ0n) is 15.2. The van der Waals surface area contributed by atoms with Crippen LogP contribution in [0, 0.1) is 34.6 Å². The molecule has 1 fully saturated rings. The Morgan fingerprint density at radius 3 is 2.36 bits per heavy atom. The zero-order valence-corrected chi connectivity index (χ0v) is 16.0. The van der Waals surface area contributed by atoms with E-state index in [0.717, 1.165) is 16.8 Å². The van der Waals surface area contributed by atoms with Crippen molar-refractivity contribution in [1.82, 2.24) is 5.32 Å². The molecule has 3 rings (SSSR count). The summed E-state index contributed by atoms with van der Waals surface area (Å²) in [6.45, 7) is 10.4. The molecule has 0 aliphatic carbocycles. The molecule has 1 heterocycles. The number of hydrogen-bond donors (Lipinski definition) is 1. The average molecular weight is 350 g/mol. The molecule has 0 saturated carbocycles. The summed E-state index contributed by atoms with van der Waals surface area (Å²) in [5.41, 5.74) is 7.93. The van der Waals surface area contributed by atoms with Crippen LogP contribution in [0.3, 0.4) is 0 Å². The maximum Gasteiger partial charge on any atom is 0.264 e. The molecule has 0 spiro atoms. The Bertz CT molecular complexity index is 926. The monoisotopic (exact) mass is 350 g/mol. The van der Waals surface area contributed by atoms with E-state index in [0.29, 0.717) is 10.1 Å². The summed E-state index contributed by atoms with van der Waals surface area (Å²) in [5, 5.41) is 3.50. The van der Waals surface area contributed by atoms with Gasteiger partial charge in [-0.3, -0.25) is 4.79 Å². The second-order valence-corrected chi connectivity index (χ2v) is 7.60. The van der Waals surface area contributed by atoms with Crippen molar-refractivity contribution >= 4 is 34.6 Å². The van der Waals surface area contributed by atoms with Crippen LogP contribution in [0.1, 0.15) is 33.4 Å². The number of hydrogen-bond acceptors (Lipinski definition) is 3. The van der Waals surface area contributed by atoms with E-state index in [1.54, 1.807) is 0 Å². The fourth-order valence-electron chi connectivity index (χ4n) is 2.80. The fraction of sp³-hybridized carbons (Fsp3) is 0.238. The highest BCUT2D eigenvalue weighted by Crippen LogP contribution is 2.30. The van der Waals surface area contributed by atoms with Gasteiger partial charge in [-0.15, -0.1) is 0 Å². The molecule has 4 heteroatoms. The van der Waals surface area contributed by atoms with Gasteiger partial charge in [0, 0.05) is 0 Å². The molecule has 1 N–H and O–H groups in total. The van der Waals surface area contributed by atoms with Gasteiger partial charge in [-0.05, 0) is 86.3 Å². The SMILES string of the molecule is Cc1ccc(N=C2NC(=O)/C(=C/c3cc(C)c(C)cc3C)S2)c(C)c1. The van der Waals surface area contributed by atoms with Gasteiger partial charge in [-0.1, -0.05) is 29.8 Å². The highest BCUT2D eigenvalue weighted by molar-refractivity contribution is 8.18. The van der Waals surface area contributed by atoms with E-state index in [1.165, 1.54) is 34.0 Å². The summed E-state index contributed by atoms with van der Waals surface area (Å²) in [7, 11) is 0. The summed E-state index contributed by atoms with van der Waals surface area (Å²) in [5.74, 6) is -0.0915. The molecule has 128 valence electrons. The first kappa shape index (κ1) is 17.5. The average Bonchev–Trinajstić information content (AvgIpc) is 2.87. The molecular weight excluding hydrogens is 328 g/mol. The summed E-state index contributed by atoms with van der Waals surface area (Å²) in [4.78, 5) is 17.6. The lowest BCUT2D eigenvalue weighted by Crippen LogP contribution is -2.19. The van der Waals surface area contributed by atoms with Crippen molar-refractivity contribution in [2.24, 2.45) is 4.99 Å². The van der Waals surface area contributed by atoms with E-state index >= 15 is 0 Å². The Kier molecular flexibility index (Phi) is 4.82. The van der Waals surface area contributed by atoms with Crippen molar-refractivity contribution in [3.63, 3.8) is 0 Å². The second-order valence-electron chi connectivity index (χ2n) is 6.56. The number of aliphatic imine (C=N–C) groups is 1. The largest absolute Gasteiger partial charge is 0.300 e. The molecular formula is C21H22N2OS. The Labute approximate surface area is 153 Å². The van der Waals surface area contributed by atoms with Crippen LogP contribution >= 0.6 is 11.8 Å². The van der Waals surface area contributed by atoms with Gasteiger partial charge in [0.15, 0.2) is 5.17 Å². The highest BCUT2D eigenvalue weighted by Gasteiger charge is 2.24. The van der Waals surface area contributed by atoms with Crippen LogP contribution in [-0.4, -0.2) is 11.1 Å². The number of nitrogens with one attached hydrogen (secondary N) is 1. The number of benzene rings is 2. The molecule has 2 aromatic rings. The number of carbonyl (C=O) groups excluding carboxylic acids is 1. The van der Waals surface area contributed by atoms with Crippen LogP contribution in [-0.2, 0) is 4.79 Å². The maximum absolute atomic E-state index is 12.3. The van der Waals surface area contributed by atoms with Gasteiger partial charge < -0.3 is 5.32 Å². The van der Waals surface area contributed by atoms with E-state index in [1.807, 2.05) is 25.1 Å². The van der Waals surface area contributed by atoms with Gasteiger partial charge in [0.2, 0.25) is 0 Å². The van der Waals surface area contributed by atoms with Gasteiger partial charge in [-0.2, -0.15) is 0 Å². The van der Waals surface area contributed by atoms with E-state index in [4.69, 9.17) is 0 Å². The predicted molar refractivity (Wildman–Crippen MR) is 107 cm³/mol. The van der Waals surface area contributed by atoms with Crippen molar-refractivity contribution in [2.75, 3.05) is 0 Å². The lowest BCUT2D eigenvalue weighted by atomic mass is 10.0. The minimum Gasteiger partial charge on any atom is -0.300 e. The summed E-state index contributed by atoms with van der Waals surface area (Å²) >= 11 is 1.39. The first-order chi connectivity index (χ1) is 11.8. The van der Waals surface area contributed by atoms with E-state index < -0.39 is 0 Å². The number of carbonyl (C=O) groups is 1. The van der Waals surface area contributed by atoms with E-state index in [-0.39, 0.29) is 5.91 Å². The molecule has 0 radical (unpaired) electrons. The van der Waals surface area contributed by atoms with Crippen molar-refractivity contribution in [3.05, 3.63) is 68.6 Å². The second kappa shape index (κ2) is 6.89. The number of amidine groups is 1. The smallest absolute Gasteiger partial charge is 0.264 e. The first-order valence-corrected chi connectivity index (χ1v) is 9.10. The molecule has 1 saturated heterocycles. The molecule has 0 unspecified atom stereocenters. The normalized spacial score (nSPS) is 17.4. The number of amides is 1. The van der Waals surface area contributed by atoms with Crippen molar-refractivity contribution in [1.29, 1.82) is 0 Å². The Hall–Kier alpha value is -2.33. The molecule has 0 aromatic heterocycles. The molecule has 2 aromatic carbocycles. The molecule has 3 nitrogen and oxygen atoms in total. The molecule has 0 atom stereocenters. The molecule has 1 aliphatic rings. The van der Waals surface area contributed by atoms with Crippen LogP contribution < -0.4 is 5.32 Å². The van der Waals surface area contributed by atoms with Gasteiger partial charge in [0.05, 0.1) is 10.6 Å². The summed E-state index contributed by atoms with van der Waals surface area (Å²) in [6, 6.07) is 10.4. The number of rotatable bonds is 2. The predicted octanol–water partition coefficient (Wildman–Crippen LogP) is 5.12. The van der Waals surface area contributed by atoms with Crippen LogP contribution in [0.25, 0.3) is 6.08 Å². The Morgan fingerprint density at radius 1 is 0.920 bits per heavy atom. The molecule has 1 aliphatic heterocycles. The minimum absolute atomic E-state index is 0.0915. The molecule has 0 bridgehead atoms. The number of nitrogens with zero attached hydrogens (tertiary/aromatic N) is 1. The van der Waals surface area contributed by atoms with Gasteiger partial charge in [0.1, 0.15) is 0 Å². The quantitative estimate of drug-likeness (QED) is 0.764. The zero-order chi connectivity index (χ0) is 18.1. The minimum atomic E-state index is -0.0915. The number of aryl methyl sites for hydroxylation is 5. The number of thioether (sulfide) groups is 1. The maximum atomic E-state index is 12.3. The third-order valence-electron chi connectivity index (χ3n) is 4.39. The van der Waals surface area contributed by atoms with E-state index in [2.05, 4.69) is 56.2 Å². The van der Waals surface area contributed by atoms with Gasteiger partial charge >= 0.3 is 0 Å². The lowest BCUT2D eigenvalue weighted by molar-refractivity contribution is -0.115. The third-order valence-corrected chi connectivity index (χ3v) is 5.30. The van der Waals surface area contributed by atoms with Crippen molar-refractivity contribution in [2.45, 2.75) is 34.6 Å². The van der Waals surface area contributed by atoms with Crippen LogP contribution in [0.2, 0.25) is 0 Å². The van der Waals surface area contributed by atoms with Crippen molar-refractivity contribution < 1.29 is 4.79 Å². The highest BCUT2D eigenvalue weighted by atomic mass is 32.2. The third kappa shape index (κ3) is 3.85. The van der Waals surface area contributed by atoms with Gasteiger partial charge in [-0.25, -0.2) is 4.99 Å². The van der Waals surface area contributed by atoms with Crippen LogP contribution in [0.15, 0.2) is 40.2 Å².